The van der Waals surface area contributed by atoms with Crippen molar-refractivity contribution in [1.29, 1.82) is 0 Å². The van der Waals surface area contributed by atoms with Gasteiger partial charge in [-0.1, -0.05) is 6.92 Å². The Kier molecular flexibility index (Phi) is 5.05. The number of benzene rings is 1. The molecule has 1 heterocycles. The van der Waals surface area contributed by atoms with Gasteiger partial charge in [0.05, 0.1) is 19.8 Å². The molecule has 1 aromatic rings. The van der Waals surface area contributed by atoms with Gasteiger partial charge in [0.15, 0.2) is 0 Å². The molecule has 19 heavy (non-hydrogen) atoms. The maximum atomic E-state index is 9.58. The number of fused-ring (bicyclic) bond motifs is 1. The molecule has 0 bridgehead atoms. The molecule has 0 saturated heterocycles. The summed E-state index contributed by atoms with van der Waals surface area (Å²) in [5.41, 5.74) is 1.15. The molecule has 1 aromatic carbocycles. The Morgan fingerprint density at radius 3 is 3.11 bits per heavy atom. The van der Waals surface area contributed by atoms with E-state index in [9.17, 15) is 5.11 Å². The van der Waals surface area contributed by atoms with Gasteiger partial charge in [0.1, 0.15) is 11.5 Å². The van der Waals surface area contributed by atoms with E-state index in [0.29, 0.717) is 0 Å². The summed E-state index contributed by atoms with van der Waals surface area (Å²) in [6.07, 6.45) is 2.33. The summed E-state index contributed by atoms with van der Waals surface area (Å²) in [5.74, 6) is 1.78. The Labute approximate surface area is 114 Å². The first kappa shape index (κ1) is 14.2. The molecule has 106 valence electrons. The molecular weight excluding hydrogens is 242 g/mol. The first-order valence-electron chi connectivity index (χ1n) is 6.96. The third kappa shape index (κ3) is 3.61. The van der Waals surface area contributed by atoms with Crippen LogP contribution in [0, 0.1) is 0 Å². The minimum atomic E-state index is -0.211. The highest BCUT2D eigenvalue weighted by Crippen LogP contribution is 2.34. The predicted octanol–water partition coefficient (Wildman–Crippen LogP) is 2.27. The maximum Gasteiger partial charge on any atom is 0.124 e. The number of hydrogen-bond acceptors (Lipinski definition) is 4. The van der Waals surface area contributed by atoms with Gasteiger partial charge in [-0.05, 0) is 37.6 Å². The largest absolute Gasteiger partial charge is 0.497 e. The molecule has 0 amide bonds. The van der Waals surface area contributed by atoms with E-state index in [0.717, 1.165) is 49.5 Å². The van der Waals surface area contributed by atoms with E-state index < -0.39 is 0 Å². The van der Waals surface area contributed by atoms with Gasteiger partial charge in [-0.2, -0.15) is 0 Å². The molecule has 0 saturated carbocycles. The highest BCUT2D eigenvalue weighted by atomic mass is 16.5. The summed E-state index contributed by atoms with van der Waals surface area (Å²) >= 11 is 0. The summed E-state index contributed by atoms with van der Waals surface area (Å²) in [7, 11) is 1.67. The lowest BCUT2D eigenvalue weighted by Crippen LogP contribution is -2.29. The Morgan fingerprint density at radius 2 is 2.37 bits per heavy atom. The van der Waals surface area contributed by atoms with Crippen molar-refractivity contribution in [3.8, 4) is 11.5 Å². The fourth-order valence-corrected chi connectivity index (χ4v) is 2.34. The molecule has 4 heteroatoms. The second-order valence-electron chi connectivity index (χ2n) is 4.90. The molecule has 0 radical (unpaired) electrons. The van der Waals surface area contributed by atoms with E-state index in [-0.39, 0.29) is 12.1 Å². The van der Waals surface area contributed by atoms with Gasteiger partial charge in [0.25, 0.3) is 0 Å². The summed E-state index contributed by atoms with van der Waals surface area (Å²) in [5, 5.41) is 13.1. The smallest absolute Gasteiger partial charge is 0.124 e. The third-order valence-electron chi connectivity index (χ3n) is 3.60. The Hall–Kier alpha value is -1.26. The standard InChI is InChI=1S/C15H23NO3/c1-3-11(17)6-8-16-14-7-9-19-15-5-4-12(18-2)10-13(14)15/h4-5,10-11,14,16-17H,3,6-9H2,1-2H3. The molecule has 0 aliphatic carbocycles. The first-order chi connectivity index (χ1) is 9.24. The van der Waals surface area contributed by atoms with Crippen LogP contribution in [-0.4, -0.2) is 31.5 Å². The van der Waals surface area contributed by atoms with Gasteiger partial charge in [-0.3, -0.25) is 0 Å². The van der Waals surface area contributed by atoms with Crippen LogP contribution in [0.25, 0.3) is 0 Å². The van der Waals surface area contributed by atoms with Crippen LogP contribution in [0.5, 0.6) is 11.5 Å². The Bertz CT molecular complexity index is 408. The van der Waals surface area contributed by atoms with Gasteiger partial charge >= 0.3 is 0 Å². The van der Waals surface area contributed by atoms with Crippen molar-refractivity contribution in [2.45, 2.75) is 38.3 Å². The van der Waals surface area contributed by atoms with Crippen LogP contribution < -0.4 is 14.8 Å². The fourth-order valence-electron chi connectivity index (χ4n) is 2.34. The van der Waals surface area contributed by atoms with E-state index in [1.54, 1.807) is 7.11 Å². The SMILES string of the molecule is CCC(O)CCNC1CCOc2ccc(OC)cc21. The Morgan fingerprint density at radius 1 is 1.53 bits per heavy atom. The van der Waals surface area contributed by atoms with Crippen LogP contribution in [0.15, 0.2) is 18.2 Å². The highest BCUT2D eigenvalue weighted by Gasteiger charge is 2.21. The van der Waals surface area contributed by atoms with Gasteiger partial charge in [0.2, 0.25) is 0 Å². The van der Waals surface area contributed by atoms with E-state index in [4.69, 9.17) is 9.47 Å². The van der Waals surface area contributed by atoms with Crippen LogP contribution in [0.4, 0.5) is 0 Å². The van der Waals surface area contributed by atoms with Gasteiger partial charge in [0, 0.05) is 18.0 Å². The number of aliphatic hydroxyl groups is 1. The monoisotopic (exact) mass is 265 g/mol. The average molecular weight is 265 g/mol. The van der Waals surface area contributed by atoms with Crippen LogP contribution in [0.2, 0.25) is 0 Å². The molecule has 2 N–H and O–H groups in total. The van der Waals surface area contributed by atoms with Gasteiger partial charge < -0.3 is 19.9 Å². The second-order valence-corrected chi connectivity index (χ2v) is 4.90. The zero-order valence-corrected chi connectivity index (χ0v) is 11.7. The molecular formula is C15H23NO3. The molecule has 1 aliphatic heterocycles. The highest BCUT2D eigenvalue weighted by molar-refractivity contribution is 5.43. The summed E-state index contributed by atoms with van der Waals surface area (Å²) in [6.45, 7) is 3.54. The minimum absolute atomic E-state index is 0.211. The van der Waals surface area contributed by atoms with Crippen LogP contribution in [0.3, 0.4) is 0 Å². The van der Waals surface area contributed by atoms with Crippen LogP contribution in [0.1, 0.15) is 37.8 Å². The van der Waals surface area contributed by atoms with Gasteiger partial charge in [-0.25, -0.2) is 0 Å². The van der Waals surface area contributed by atoms with Crippen molar-refractivity contribution in [3.63, 3.8) is 0 Å². The van der Waals surface area contributed by atoms with Gasteiger partial charge in [-0.15, -0.1) is 0 Å². The van der Waals surface area contributed by atoms with E-state index >= 15 is 0 Å². The lowest BCUT2D eigenvalue weighted by atomic mass is 10.00. The normalized spacial score (nSPS) is 19.4. The Balaban J connectivity index is 2.00. The molecule has 2 rings (SSSR count). The van der Waals surface area contributed by atoms with E-state index in [1.807, 2.05) is 25.1 Å². The molecule has 4 nitrogen and oxygen atoms in total. The number of ether oxygens (including phenoxy) is 2. The van der Waals surface area contributed by atoms with Crippen molar-refractivity contribution in [1.82, 2.24) is 5.32 Å². The zero-order valence-electron chi connectivity index (χ0n) is 11.7. The van der Waals surface area contributed by atoms with Crippen LogP contribution in [-0.2, 0) is 0 Å². The lowest BCUT2D eigenvalue weighted by molar-refractivity contribution is 0.156. The van der Waals surface area contributed by atoms with Crippen molar-refractivity contribution in [2.24, 2.45) is 0 Å². The topological polar surface area (TPSA) is 50.7 Å². The molecule has 2 atom stereocenters. The zero-order chi connectivity index (χ0) is 13.7. The maximum absolute atomic E-state index is 9.58. The lowest BCUT2D eigenvalue weighted by Gasteiger charge is -2.27. The van der Waals surface area contributed by atoms with Crippen molar-refractivity contribution < 1.29 is 14.6 Å². The minimum Gasteiger partial charge on any atom is -0.497 e. The number of nitrogens with one attached hydrogen (secondary N) is 1. The number of methoxy groups -OCH3 is 1. The molecule has 0 spiro atoms. The van der Waals surface area contributed by atoms with Crippen molar-refractivity contribution >= 4 is 0 Å². The third-order valence-corrected chi connectivity index (χ3v) is 3.60. The van der Waals surface area contributed by atoms with E-state index in [2.05, 4.69) is 5.32 Å². The van der Waals surface area contributed by atoms with E-state index in [1.165, 1.54) is 0 Å². The summed E-state index contributed by atoms with van der Waals surface area (Å²) in [4.78, 5) is 0. The quantitative estimate of drug-likeness (QED) is 0.828. The van der Waals surface area contributed by atoms with Crippen molar-refractivity contribution in [2.75, 3.05) is 20.3 Å². The fraction of sp³-hybridized carbons (Fsp3) is 0.600. The molecule has 0 aromatic heterocycles. The first-order valence-corrected chi connectivity index (χ1v) is 6.96. The van der Waals surface area contributed by atoms with Crippen molar-refractivity contribution in [3.05, 3.63) is 23.8 Å². The molecule has 2 unspecified atom stereocenters. The number of aliphatic hydroxyl groups excluding tert-OH is 1. The molecule has 1 aliphatic rings. The summed E-state index contributed by atoms with van der Waals surface area (Å²) < 4.78 is 10.9. The number of hydrogen-bond donors (Lipinski definition) is 2. The molecule has 0 fully saturated rings. The number of rotatable bonds is 6. The van der Waals surface area contributed by atoms with Crippen LogP contribution >= 0.6 is 0 Å². The average Bonchev–Trinajstić information content (AvgIpc) is 2.46. The summed E-state index contributed by atoms with van der Waals surface area (Å²) in [6, 6.07) is 6.19. The predicted molar refractivity (Wildman–Crippen MR) is 74.8 cm³/mol. The second kappa shape index (κ2) is 6.78.